The number of rotatable bonds is 2. The topological polar surface area (TPSA) is 43.1 Å². The molecule has 1 aliphatic heterocycles. The SMILES string of the molecule is CC1=Cc2c(cccc2C2(C(N)=O)C3CCC(C3)C23[Si](C)(C)[Si]3(C)C)C1. The summed E-state index contributed by atoms with van der Waals surface area (Å²) in [6, 6.07) is 6.71. The van der Waals surface area contributed by atoms with E-state index in [1.807, 2.05) is 0 Å². The Bertz CT molecular complexity index is 870. The Morgan fingerprint density at radius 2 is 1.77 bits per heavy atom. The second kappa shape index (κ2) is 4.64. The first-order chi connectivity index (χ1) is 12.1. The number of carbonyl (C=O) groups is 1. The molecule has 1 amide bonds. The smallest absolute Gasteiger partial charge is 0.228 e. The van der Waals surface area contributed by atoms with Gasteiger partial charge in [-0.2, -0.15) is 0 Å². The van der Waals surface area contributed by atoms with Crippen molar-refractivity contribution in [1.82, 2.24) is 0 Å². The summed E-state index contributed by atoms with van der Waals surface area (Å²) in [5, 5.41) is 0. The van der Waals surface area contributed by atoms with Crippen molar-refractivity contribution in [2.45, 2.75) is 68.9 Å². The van der Waals surface area contributed by atoms with Gasteiger partial charge >= 0.3 is 0 Å². The van der Waals surface area contributed by atoms with Crippen LogP contribution in [0.2, 0.25) is 30.8 Å². The molecule has 0 radical (unpaired) electrons. The van der Waals surface area contributed by atoms with E-state index in [0.29, 0.717) is 5.92 Å². The van der Waals surface area contributed by atoms with E-state index >= 15 is 0 Å². The predicted molar refractivity (Wildman–Crippen MR) is 113 cm³/mol. The van der Waals surface area contributed by atoms with Gasteiger partial charge in [-0.05, 0) is 59.4 Å². The summed E-state index contributed by atoms with van der Waals surface area (Å²) >= 11 is 0. The summed E-state index contributed by atoms with van der Waals surface area (Å²) in [5.74, 6) is 1.20. The number of primary amides is 1. The highest BCUT2D eigenvalue weighted by Crippen LogP contribution is 2.88. The average Bonchev–Trinajstić information content (AvgIpc) is 3.11. The standard InChI is InChI=1S/C22H31NOSi2/c1-14-11-15-7-6-8-19(18(15)12-14)21(20(23)24)16-9-10-17(13-16)22(21)25(2,3)26(22,4)5/h6-8,12,16-17H,9-11,13H2,1-5H3,(H2,23,24). The van der Waals surface area contributed by atoms with Crippen LogP contribution in [0.1, 0.15) is 42.9 Å². The van der Waals surface area contributed by atoms with E-state index in [4.69, 9.17) is 5.73 Å². The fraction of sp³-hybridized carbons (Fsp3) is 0.591. The second-order valence-electron chi connectivity index (χ2n) is 10.5. The molecule has 1 spiro atoms. The van der Waals surface area contributed by atoms with Crippen LogP contribution in [-0.4, -0.2) is 21.1 Å². The Balaban J connectivity index is 1.86. The van der Waals surface area contributed by atoms with Crippen LogP contribution in [0, 0.1) is 11.8 Å². The Morgan fingerprint density at radius 1 is 1.12 bits per heavy atom. The van der Waals surface area contributed by atoms with Crippen molar-refractivity contribution < 1.29 is 4.79 Å². The van der Waals surface area contributed by atoms with Gasteiger partial charge in [-0.25, -0.2) is 0 Å². The summed E-state index contributed by atoms with van der Waals surface area (Å²) in [6.07, 6.45) is 7.14. The highest BCUT2D eigenvalue weighted by atomic mass is 29.3. The van der Waals surface area contributed by atoms with E-state index < -0.39 is 20.6 Å². The number of amides is 1. The van der Waals surface area contributed by atoms with Crippen LogP contribution >= 0.6 is 0 Å². The van der Waals surface area contributed by atoms with Gasteiger partial charge in [-0.1, -0.05) is 62.5 Å². The number of allylic oxidation sites excluding steroid dienone is 1. The van der Waals surface area contributed by atoms with E-state index in [0.717, 1.165) is 12.3 Å². The van der Waals surface area contributed by atoms with E-state index in [9.17, 15) is 4.79 Å². The maximum atomic E-state index is 13.5. The number of hydrogen-bond donors (Lipinski definition) is 1. The molecular formula is C22H31NOSi2. The number of fused-ring (bicyclic) bond motifs is 4. The lowest BCUT2D eigenvalue weighted by molar-refractivity contribution is -0.126. The van der Waals surface area contributed by atoms with Gasteiger partial charge in [0.05, 0.1) is 5.41 Å². The molecule has 3 unspecified atom stereocenters. The minimum absolute atomic E-state index is 0.00490. The molecular weight excluding hydrogens is 350 g/mol. The fourth-order valence-electron chi connectivity index (χ4n) is 8.61. The number of hydrogen-bond acceptors (Lipinski definition) is 1. The second-order valence-corrected chi connectivity index (χ2v) is 26.6. The van der Waals surface area contributed by atoms with Gasteiger partial charge in [-0.15, -0.1) is 0 Å². The van der Waals surface area contributed by atoms with Crippen LogP contribution in [0.4, 0.5) is 0 Å². The third kappa shape index (κ3) is 1.42. The molecule has 0 aromatic heterocycles. The molecule has 2 nitrogen and oxygen atoms in total. The van der Waals surface area contributed by atoms with Gasteiger partial charge < -0.3 is 5.73 Å². The Morgan fingerprint density at radius 3 is 2.38 bits per heavy atom. The maximum Gasteiger partial charge on any atom is 0.228 e. The lowest BCUT2D eigenvalue weighted by Crippen LogP contribution is -2.53. The first-order valence-corrected chi connectivity index (χ1v) is 17.2. The largest absolute Gasteiger partial charge is 0.369 e. The van der Waals surface area contributed by atoms with Gasteiger partial charge in [0.15, 0.2) is 0 Å². The molecule has 138 valence electrons. The van der Waals surface area contributed by atoms with Crippen molar-refractivity contribution in [3.8, 4) is 0 Å². The highest BCUT2D eigenvalue weighted by Gasteiger charge is 2.93. The van der Waals surface area contributed by atoms with Crippen LogP contribution in [0.25, 0.3) is 6.08 Å². The molecule has 2 bridgehead atoms. The van der Waals surface area contributed by atoms with E-state index in [1.54, 1.807) is 0 Å². The zero-order chi connectivity index (χ0) is 18.7. The van der Waals surface area contributed by atoms with Crippen molar-refractivity contribution in [1.29, 1.82) is 0 Å². The molecule has 2 N–H and O–H groups in total. The molecule has 3 aliphatic carbocycles. The summed E-state index contributed by atoms with van der Waals surface area (Å²) < 4.78 is 0.265. The van der Waals surface area contributed by atoms with Gasteiger partial charge in [-0.3, -0.25) is 4.79 Å². The normalized spacial score (nSPS) is 36.9. The zero-order valence-corrected chi connectivity index (χ0v) is 18.8. The first kappa shape index (κ1) is 17.0. The van der Waals surface area contributed by atoms with Crippen molar-refractivity contribution in [2.75, 3.05) is 0 Å². The van der Waals surface area contributed by atoms with Crippen LogP contribution in [0.15, 0.2) is 23.8 Å². The zero-order valence-electron chi connectivity index (χ0n) is 16.8. The third-order valence-corrected chi connectivity index (χ3v) is 32.5. The van der Waals surface area contributed by atoms with Crippen molar-refractivity contribution in [3.63, 3.8) is 0 Å². The van der Waals surface area contributed by atoms with Crippen molar-refractivity contribution in [2.24, 2.45) is 17.6 Å². The number of carbonyl (C=O) groups excluding carboxylic acids is 1. The molecule has 2 saturated carbocycles. The Kier molecular flexibility index (Phi) is 3.03. The van der Waals surface area contributed by atoms with Crippen LogP contribution in [0.5, 0.6) is 0 Å². The molecule has 5 rings (SSSR count). The molecule has 1 aromatic rings. The van der Waals surface area contributed by atoms with Crippen LogP contribution < -0.4 is 5.73 Å². The minimum atomic E-state index is -1.47. The lowest BCUT2D eigenvalue weighted by atomic mass is 9.65. The maximum absolute atomic E-state index is 13.5. The van der Waals surface area contributed by atoms with Gasteiger partial charge in [0.2, 0.25) is 5.91 Å². The Labute approximate surface area is 159 Å². The van der Waals surface area contributed by atoms with Crippen LogP contribution in [-0.2, 0) is 16.6 Å². The molecule has 4 aliphatic rings. The molecule has 3 atom stereocenters. The summed E-state index contributed by atoms with van der Waals surface area (Å²) in [4.78, 5) is 13.5. The molecule has 1 aromatic carbocycles. The molecule has 3 fully saturated rings. The van der Waals surface area contributed by atoms with E-state index in [2.05, 4.69) is 57.4 Å². The average molecular weight is 382 g/mol. The molecule has 26 heavy (non-hydrogen) atoms. The number of benzene rings is 1. The lowest BCUT2D eigenvalue weighted by Gasteiger charge is -2.47. The minimum Gasteiger partial charge on any atom is -0.369 e. The first-order valence-electron chi connectivity index (χ1n) is 10.2. The predicted octanol–water partition coefficient (Wildman–Crippen LogP) is 4.59. The summed E-state index contributed by atoms with van der Waals surface area (Å²) in [5.41, 5.74) is 11.5. The monoisotopic (exact) mass is 381 g/mol. The van der Waals surface area contributed by atoms with Crippen molar-refractivity contribution in [3.05, 3.63) is 40.5 Å². The van der Waals surface area contributed by atoms with Gasteiger partial charge in [0, 0.05) is 15.2 Å². The highest BCUT2D eigenvalue weighted by molar-refractivity contribution is 7.61. The summed E-state index contributed by atoms with van der Waals surface area (Å²) in [7, 11) is -2.95. The van der Waals surface area contributed by atoms with Crippen LogP contribution in [0.3, 0.4) is 0 Å². The van der Waals surface area contributed by atoms with Crippen molar-refractivity contribution >= 4 is 27.2 Å². The van der Waals surface area contributed by atoms with Gasteiger partial charge in [0.1, 0.15) is 0 Å². The molecule has 1 heterocycles. The van der Waals surface area contributed by atoms with E-state index in [1.165, 1.54) is 41.5 Å². The molecule has 4 heteroatoms. The fourth-order valence-corrected chi connectivity index (χ4v) is 31.8. The Hall–Kier alpha value is -1.14. The molecule has 1 saturated heterocycles. The quantitative estimate of drug-likeness (QED) is 0.748. The third-order valence-electron chi connectivity index (χ3n) is 9.62. The number of nitrogens with two attached hydrogens (primary N) is 1. The van der Waals surface area contributed by atoms with E-state index in [-0.39, 0.29) is 10.6 Å². The summed E-state index contributed by atoms with van der Waals surface area (Å²) in [6.45, 7) is 12.6. The van der Waals surface area contributed by atoms with Gasteiger partial charge in [0.25, 0.3) is 0 Å².